The molecule has 0 spiro atoms. The van der Waals surface area contributed by atoms with E-state index in [9.17, 15) is 9.59 Å². The van der Waals surface area contributed by atoms with E-state index < -0.39 is 0 Å². The number of hydrogen-bond donors (Lipinski definition) is 0. The number of likely N-dealkylation sites (tertiary alicyclic amines) is 1. The van der Waals surface area contributed by atoms with Crippen molar-refractivity contribution in [3.05, 3.63) is 70.2 Å². The minimum atomic E-state index is -0.375. The van der Waals surface area contributed by atoms with Gasteiger partial charge < -0.3 is 4.90 Å². The fourth-order valence-electron chi connectivity index (χ4n) is 4.04. The van der Waals surface area contributed by atoms with Crippen LogP contribution in [0.4, 0.5) is 0 Å². The summed E-state index contributed by atoms with van der Waals surface area (Å²) < 4.78 is 1.03. The molecule has 2 aromatic carbocycles. The van der Waals surface area contributed by atoms with Crippen molar-refractivity contribution < 1.29 is 9.59 Å². The van der Waals surface area contributed by atoms with Gasteiger partial charge >= 0.3 is 0 Å². The average molecular weight is 414 g/mol. The summed E-state index contributed by atoms with van der Waals surface area (Å²) in [4.78, 5) is 26.9. The maximum absolute atomic E-state index is 13.1. The number of amides is 1. The number of rotatable bonds is 5. The first-order valence-electron chi connectivity index (χ1n) is 9.01. The van der Waals surface area contributed by atoms with Crippen LogP contribution in [0.5, 0.6) is 0 Å². The smallest absolute Gasteiger partial charge is 0.223 e. The van der Waals surface area contributed by atoms with E-state index in [1.54, 1.807) is 6.92 Å². The van der Waals surface area contributed by atoms with E-state index in [1.807, 2.05) is 47.4 Å². The molecule has 0 aliphatic carbocycles. The van der Waals surface area contributed by atoms with E-state index in [2.05, 4.69) is 35.0 Å². The Hall–Kier alpha value is -1.94. The van der Waals surface area contributed by atoms with Crippen molar-refractivity contribution in [2.75, 3.05) is 6.54 Å². The van der Waals surface area contributed by atoms with Gasteiger partial charge in [-0.15, -0.1) is 0 Å². The van der Waals surface area contributed by atoms with E-state index in [0.29, 0.717) is 19.4 Å². The van der Waals surface area contributed by atoms with E-state index in [1.165, 1.54) is 0 Å². The lowest BCUT2D eigenvalue weighted by Crippen LogP contribution is -2.47. The highest BCUT2D eigenvalue weighted by Gasteiger charge is 2.42. The van der Waals surface area contributed by atoms with Gasteiger partial charge in [0.15, 0.2) is 0 Å². The highest BCUT2D eigenvalue weighted by Crippen LogP contribution is 2.41. The predicted molar refractivity (Wildman–Crippen MR) is 107 cm³/mol. The van der Waals surface area contributed by atoms with Gasteiger partial charge in [0.25, 0.3) is 0 Å². The van der Waals surface area contributed by atoms with Crippen molar-refractivity contribution >= 4 is 27.6 Å². The third-order valence-electron chi connectivity index (χ3n) is 5.43. The summed E-state index contributed by atoms with van der Waals surface area (Å²) in [5.74, 6) is 0.257. The lowest BCUT2D eigenvalue weighted by molar-refractivity contribution is -0.139. The summed E-state index contributed by atoms with van der Waals surface area (Å²) in [5, 5.41) is 0. The molecule has 1 aliphatic heterocycles. The molecule has 3 rings (SSSR count). The second-order valence-corrected chi connectivity index (χ2v) is 8.18. The Morgan fingerprint density at radius 3 is 2.38 bits per heavy atom. The molecule has 2 atom stereocenters. The van der Waals surface area contributed by atoms with Crippen LogP contribution >= 0.6 is 15.9 Å². The number of ketones is 1. The van der Waals surface area contributed by atoms with Crippen molar-refractivity contribution in [3.8, 4) is 0 Å². The van der Waals surface area contributed by atoms with Crippen molar-refractivity contribution in [2.45, 2.75) is 44.6 Å². The van der Waals surface area contributed by atoms with Crippen molar-refractivity contribution in [2.24, 2.45) is 0 Å². The first kappa shape index (κ1) is 18.8. The fraction of sp³-hybridized carbons (Fsp3) is 0.364. The number of hydrogen-bond acceptors (Lipinski definition) is 2. The van der Waals surface area contributed by atoms with Crippen molar-refractivity contribution in [1.29, 1.82) is 0 Å². The zero-order valence-corrected chi connectivity index (χ0v) is 16.8. The van der Waals surface area contributed by atoms with Crippen LogP contribution in [0.25, 0.3) is 0 Å². The van der Waals surface area contributed by atoms with E-state index >= 15 is 0 Å². The molecule has 3 nitrogen and oxygen atoms in total. The van der Waals surface area contributed by atoms with Gasteiger partial charge in [-0.05, 0) is 43.5 Å². The first-order valence-corrected chi connectivity index (χ1v) is 9.80. The topological polar surface area (TPSA) is 37.4 Å². The molecule has 26 heavy (non-hydrogen) atoms. The average Bonchev–Trinajstić information content (AvgIpc) is 2.62. The van der Waals surface area contributed by atoms with E-state index in [-0.39, 0.29) is 23.1 Å². The summed E-state index contributed by atoms with van der Waals surface area (Å²) in [6, 6.07) is 18.2. The van der Waals surface area contributed by atoms with Gasteiger partial charge in [-0.1, -0.05) is 58.4 Å². The molecular formula is C22H24BrNO2. The maximum atomic E-state index is 13.1. The highest BCUT2D eigenvalue weighted by atomic mass is 79.9. The Morgan fingerprint density at radius 1 is 1.15 bits per heavy atom. The molecule has 1 unspecified atom stereocenters. The number of piperidine rings is 1. The Morgan fingerprint density at radius 2 is 1.81 bits per heavy atom. The summed E-state index contributed by atoms with van der Waals surface area (Å²) in [7, 11) is 0. The van der Waals surface area contributed by atoms with Crippen LogP contribution in [0, 0.1) is 0 Å². The van der Waals surface area contributed by atoms with Gasteiger partial charge in [0.1, 0.15) is 5.78 Å². The van der Waals surface area contributed by atoms with E-state index in [4.69, 9.17) is 0 Å². The summed E-state index contributed by atoms with van der Waals surface area (Å²) >= 11 is 3.45. The molecule has 0 N–H and O–H groups in total. The second-order valence-electron chi connectivity index (χ2n) is 7.27. The van der Waals surface area contributed by atoms with Crippen LogP contribution < -0.4 is 0 Å². The van der Waals surface area contributed by atoms with Gasteiger partial charge in [-0.3, -0.25) is 9.59 Å². The number of Topliss-reactive ketones (excluding diaryl/α,β-unsaturated/α-hetero) is 1. The van der Waals surface area contributed by atoms with Crippen LogP contribution in [0.15, 0.2) is 59.1 Å². The molecule has 0 bridgehead atoms. The fourth-order valence-corrected chi connectivity index (χ4v) is 4.30. The molecule has 0 aromatic heterocycles. The first-order chi connectivity index (χ1) is 12.4. The zero-order valence-electron chi connectivity index (χ0n) is 15.2. The Kier molecular flexibility index (Phi) is 5.61. The van der Waals surface area contributed by atoms with Gasteiger partial charge in [-0.25, -0.2) is 0 Å². The molecule has 1 heterocycles. The van der Waals surface area contributed by atoms with Gasteiger partial charge in [0, 0.05) is 29.3 Å². The predicted octanol–water partition coefficient (Wildman–Crippen LogP) is 5.05. The van der Waals surface area contributed by atoms with Crippen molar-refractivity contribution in [1.82, 2.24) is 4.90 Å². The quantitative estimate of drug-likeness (QED) is 0.687. The molecule has 1 aliphatic rings. The number of benzene rings is 2. The van der Waals surface area contributed by atoms with Crippen LogP contribution in [0.3, 0.4) is 0 Å². The third kappa shape index (κ3) is 3.90. The molecule has 136 valence electrons. The van der Waals surface area contributed by atoms with Crippen molar-refractivity contribution in [3.63, 3.8) is 0 Å². The number of halogens is 1. The molecule has 4 heteroatoms. The largest absolute Gasteiger partial charge is 0.336 e. The highest BCUT2D eigenvalue weighted by molar-refractivity contribution is 9.10. The van der Waals surface area contributed by atoms with Crippen LogP contribution in [-0.4, -0.2) is 23.1 Å². The molecule has 0 radical (unpaired) electrons. The number of nitrogens with zero attached hydrogens (tertiary/aromatic N) is 1. The summed E-state index contributed by atoms with van der Waals surface area (Å²) in [6.07, 6.45) is 1.62. The van der Waals surface area contributed by atoms with Gasteiger partial charge in [-0.2, -0.15) is 0 Å². The minimum absolute atomic E-state index is 0.0294. The number of carbonyl (C=O) groups is 2. The monoisotopic (exact) mass is 413 g/mol. The molecule has 1 amide bonds. The van der Waals surface area contributed by atoms with Crippen LogP contribution in [-0.2, 0) is 15.0 Å². The van der Waals surface area contributed by atoms with Gasteiger partial charge in [0.05, 0.1) is 6.04 Å². The molecule has 0 saturated carbocycles. The lowest BCUT2D eigenvalue weighted by atomic mass is 9.69. The molecule has 1 saturated heterocycles. The van der Waals surface area contributed by atoms with Crippen LogP contribution in [0.1, 0.15) is 50.3 Å². The Labute approximate surface area is 163 Å². The van der Waals surface area contributed by atoms with Crippen LogP contribution in [0.2, 0.25) is 0 Å². The normalized spacial score (nSPS) is 21.5. The molecule has 1 fully saturated rings. The Bertz CT molecular complexity index is 788. The maximum Gasteiger partial charge on any atom is 0.223 e. The van der Waals surface area contributed by atoms with Gasteiger partial charge in [0.2, 0.25) is 5.91 Å². The van der Waals surface area contributed by atoms with E-state index in [0.717, 1.165) is 22.0 Å². The summed E-state index contributed by atoms with van der Waals surface area (Å²) in [6.45, 7) is 4.35. The Balaban J connectivity index is 1.84. The second kappa shape index (κ2) is 7.75. The third-order valence-corrected chi connectivity index (χ3v) is 5.96. The number of carbonyl (C=O) groups excluding carboxylic acids is 2. The molecular weight excluding hydrogens is 390 g/mol. The SMILES string of the molecule is CC(=O)CC1(c2ccccc2)CCN([C@@H](C)c2ccc(Br)cc2)C(=O)C1. The zero-order chi connectivity index (χ0) is 18.7. The molecule has 2 aromatic rings. The summed E-state index contributed by atoms with van der Waals surface area (Å²) in [5.41, 5.74) is 1.85. The lowest BCUT2D eigenvalue weighted by Gasteiger charge is -2.43. The standard InChI is InChI=1S/C22H24BrNO2/c1-16(25)14-22(19-6-4-3-5-7-19)12-13-24(21(26)15-22)17(2)18-8-10-20(23)11-9-18/h3-11,17H,12-15H2,1-2H3/t17-,22?/m0/s1. The minimum Gasteiger partial charge on any atom is -0.336 e.